The summed E-state index contributed by atoms with van der Waals surface area (Å²) in [4.78, 5) is 13.6. The lowest BCUT2D eigenvalue weighted by atomic mass is 9.90. The van der Waals surface area contributed by atoms with Crippen molar-refractivity contribution in [3.8, 4) is 0 Å². The zero-order valence-electron chi connectivity index (χ0n) is 12.3. The van der Waals surface area contributed by atoms with E-state index in [-0.39, 0.29) is 5.92 Å². The van der Waals surface area contributed by atoms with Crippen LogP contribution in [0, 0.1) is 5.92 Å². The molecule has 1 saturated carbocycles. The number of likely N-dealkylation sites (tertiary alicyclic amines) is 1. The topological polar surface area (TPSA) is 52.6 Å². The molecule has 0 aromatic rings. The molecule has 0 radical (unpaired) electrons. The van der Waals surface area contributed by atoms with Crippen LogP contribution < -0.4 is 5.32 Å². The van der Waals surface area contributed by atoms with Crippen molar-refractivity contribution in [3.63, 3.8) is 0 Å². The molecule has 2 fully saturated rings. The predicted molar refractivity (Wildman–Crippen MR) is 76.2 cm³/mol. The standard InChI is InChI=1S/C15H28N2O2/c1-11(2)17-9-12(15(18)19)8-14(10-17)16-13-6-4-3-5-7-13/h11-14,16H,3-10H2,1-2H3,(H,18,19). The molecule has 1 aliphatic heterocycles. The average molecular weight is 268 g/mol. The molecule has 2 aliphatic rings. The van der Waals surface area contributed by atoms with Crippen LogP contribution in [0.25, 0.3) is 0 Å². The molecule has 2 rings (SSSR count). The lowest BCUT2D eigenvalue weighted by molar-refractivity contribution is -0.144. The summed E-state index contributed by atoms with van der Waals surface area (Å²) in [5, 5.41) is 13.0. The highest BCUT2D eigenvalue weighted by atomic mass is 16.4. The molecule has 19 heavy (non-hydrogen) atoms. The van der Waals surface area contributed by atoms with Crippen LogP contribution in [0.3, 0.4) is 0 Å². The molecule has 1 heterocycles. The highest BCUT2D eigenvalue weighted by Gasteiger charge is 2.33. The Bertz CT molecular complexity index is 301. The van der Waals surface area contributed by atoms with Gasteiger partial charge in [0, 0.05) is 31.2 Å². The Balaban J connectivity index is 1.92. The molecular formula is C15H28N2O2. The second-order valence-electron chi connectivity index (χ2n) is 6.52. The number of aliphatic carboxylic acids is 1. The largest absolute Gasteiger partial charge is 0.481 e. The number of piperidine rings is 1. The SMILES string of the molecule is CC(C)N1CC(NC2CCCCC2)CC(C(=O)O)C1. The molecule has 110 valence electrons. The summed E-state index contributed by atoms with van der Waals surface area (Å²) in [5.41, 5.74) is 0. The zero-order valence-corrected chi connectivity index (χ0v) is 12.3. The number of carbonyl (C=O) groups is 1. The van der Waals surface area contributed by atoms with Gasteiger partial charge in [0.2, 0.25) is 0 Å². The maximum absolute atomic E-state index is 11.3. The van der Waals surface area contributed by atoms with Crippen LogP contribution in [0.2, 0.25) is 0 Å². The molecule has 2 unspecified atom stereocenters. The Morgan fingerprint density at radius 1 is 1.16 bits per heavy atom. The second kappa shape index (κ2) is 6.71. The van der Waals surface area contributed by atoms with E-state index in [0.29, 0.717) is 24.7 Å². The smallest absolute Gasteiger partial charge is 0.307 e. The Labute approximate surface area is 116 Å². The van der Waals surface area contributed by atoms with E-state index in [9.17, 15) is 9.90 Å². The van der Waals surface area contributed by atoms with Crippen molar-refractivity contribution >= 4 is 5.97 Å². The molecule has 2 atom stereocenters. The molecule has 0 amide bonds. The van der Waals surface area contributed by atoms with E-state index in [1.165, 1.54) is 32.1 Å². The molecule has 0 aromatic heterocycles. The van der Waals surface area contributed by atoms with E-state index in [0.717, 1.165) is 13.0 Å². The van der Waals surface area contributed by atoms with Gasteiger partial charge in [-0.2, -0.15) is 0 Å². The van der Waals surface area contributed by atoms with Gasteiger partial charge >= 0.3 is 5.97 Å². The summed E-state index contributed by atoms with van der Waals surface area (Å²) in [5.74, 6) is -0.849. The van der Waals surface area contributed by atoms with E-state index >= 15 is 0 Å². The molecule has 1 aliphatic carbocycles. The first kappa shape index (κ1) is 14.8. The maximum atomic E-state index is 11.3. The normalized spacial score (nSPS) is 30.7. The molecule has 0 bridgehead atoms. The van der Waals surface area contributed by atoms with Crippen molar-refractivity contribution in [3.05, 3.63) is 0 Å². The quantitative estimate of drug-likeness (QED) is 0.820. The Hall–Kier alpha value is -0.610. The number of rotatable bonds is 4. The van der Waals surface area contributed by atoms with Gasteiger partial charge in [-0.05, 0) is 33.1 Å². The average Bonchev–Trinajstić information content (AvgIpc) is 2.39. The fourth-order valence-corrected chi connectivity index (χ4v) is 3.46. The van der Waals surface area contributed by atoms with Crippen molar-refractivity contribution in [2.45, 2.75) is 70.5 Å². The first-order valence-corrected chi connectivity index (χ1v) is 7.79. The van der Waals surface area contributed by atoms with E-state index in [2.05, 4.69) is 24.1 Å². The third-order valence-corrected chi connectivity index (χ3v) is 4.63. The number of nitrogens with one attached hydrogen (secondary N) is 1. The van der Waals surface area contributed by atoms with Gasteiger partial charge in [-0.3, -0.25) is 9.69 Å². The molecule has 4 nitrogen and oxygen atoms in total. The molecule has 2 N–H and O–H groups in total. The highest BCUT2D eigenvalue weighted by Crippen LogP contribution is 2.23. The molecule has 0 spiro atoms. The fraction of sp³-hybridized carbons (Fsp3) is 0.933. The zero-order chi connectivity index (χ0) is 13.8. The summed E-state index contributed by atoms with van der Waals surface area (Å²) in [7, 11) is 0. The third kappa shape index (κ3) is 4.18. The van der Waals surface area contributed by atoms with Crippen molar-refractivity contribution in [1.82, 2.24) is 10.2 Å². The van der Waals surface area contributed by atoms with Gasteiger partial charge < -0.3 is 10.4 Å². The van der Waals surface area contributed by atoms with Crippen LogP contribution in [0.5, 0.6) is 0 Å². The second-order valence-corrected chi connectivity index (χ2v) is 6.52. The van der Waals surface area contributed by atoms with Gasteiger partial charge in [0.15, 0.2) is 0 Å². The van der Waals surface area contributed by atoms with Gasteiger partial charge in [-0.1, -0.05) is 19.3 Å². The molecular weight excluding hydrogens is 240 g/mol. The number of hydrogen-bond donors (Lipinski definition) is 2. The summed E-state index contributed by atoms with van der Waals surface area (Å²) in [6.45, 7) is 6.01. The number of carboxylic acid groups (broad SMARTS) is 1. The van der Waals surface area contributed by atoms with Crippen molar-refractivity contribution in [2.24, 2.45) is 5.92 Å². The number of nitrogens with zero attached hydrogens (tertiary/aromatic N) is 1. The first-order valence-electron chi connectivity index (χ1n) is 7.79. The number of hydrogen-bond acceptors (Lipinski definition) is 3. The molecule has 0 aromatic carbocycles. The van der Waals surface area contributed by atoms with Crippen LogP contribution in [0.4, 0.5) is 0 Å². The fourth-order valence-electron chi connectivity index (χ4n) is 3.46. The minimum absolute atomic E-state index is 0.211. The Kier molecular flexibility index (Phi) is 5.22. The van der Waals surface area contributed by atoms with Crippen LogP contribution in [-0.2, 0) is 4.79 Å². The van der Waals surface area contributed by atoms with Gasteiger partial charge in [0.25, 0.3) is 0 Å². The summed E-state index contributed by atoms with van der Waals surface area (Å²) in [6.07, 6.45) is 7.31. The summed E-state index contributed by atoms with van der Waals surface area (Å²) >= 11 is 0. The number of carboxylic acids is 1. The lowest BCUT2D eigenvalue weighted by Crippen LogP contribution is -2.55. The minimum atomic E-state index is -0.638. The Morgan fingerprint density at radius 2 is 1.84 bits per heavy atom. The highest BCUT2D eigenvalue weighted by molar-refractivity contribution is 5.70. The molecule has 1 saturated heterocycles. The lowest BCUT2D eigenvalue weighted by Gasteiger charge is -2.40. The third-order valence-electron chi connectivity index (χ3n) is 4.63. The summed E-state index contributed by atoms with van der Waals surface area (Å²) < 4.78 is 0. The van der Waals surface area contributed by atoms with E-state index in [1.54, 1.807) is 0 Å². The van der Waals surface area contributed by atoms with Crippen molar-refractivity contribution in [1.29, 1.82) is 0 Å². The van der Waals surface area contributed by atoms with Gasteiger partial charge in [-0.15, -0.1) is 0 Å². The van der Waals surface area contributed by atoms with Gasteiger partial charge in [0.05, 0.1) is 5.92 Å². The Morgan fingerprint density at radius 3 is 2.42 bits per heavy atom. The van der Waals surface area contributed by atoms with Crippen LogP contribution in [-0.4, -0.2) is 47.2 Å². The minimum Gasteiger partial charge on any atom is -0.481 e. The first-order chi connectivity index (χ1) is 9.06. The van der Waals surface area contributed by atoms with Crippen LogP contribution in [0.1, 0.15) is 52.4 Å². The summed E-state index contributed by atoms with van der Waals surface area (Å²) in [6, 6.07) is 1.39. The monoisotopic (exact) mass is 268 g/mol. The van der Waals surface area contributed by atoms with Gasteiger partial charge in [-0.25, -0.2) is 0 Å². The van der Waals surface area contributed by atoms with Crippen molar-refractivity contribution in [2.75, 3.05) is 13.1 Å². The molecule has 4 heteroatoms. The van der Waals surface area contributed by atoms with Gasteiger partial charge in [0.1, 0.15) is 0 Å². The van der Waals surface area contributed by atoms with Crippen LogP contribution in [0.15, 0.2) is 0 Å². The van der Waals surface area contributed by atoms with E-state index < -0.39 is 5.97 Å². The van der Waals surface area contributed by atoms with E-state index in [4.69, 9.17) is 0 Å². The van der Waals surface area contributed by atoms with E-state index in [1.807, 2.05) is 0 Å². The maximum Gasteiger partial charge on any atom is 0.307 e. The van der Waals surface area contributed by atoms with Crippen LogP contribution >= 0.6 is 0 Å². The predicted octanol–water partition coefficient (Wildman–Crippen LogP) is 2.09. The van der Waals surface area contributed by atoms with Crippen molar-refractivity contribution < 1.29 is 9.90 Å².